The van der Waals surface area contributed by atoms with Crippen LogP contribution in [-0.2, 0) is 0 Å². The number of rotatable bonds is 4. The molecule has 0 saturated carbocycles. The largest absolute Gasteiger partial charge is 0.486 e. The maximum absolute atomic E-state index is 6.73. The van der Waals surface area contributed by atoms with Gasteiger partial charge in [0.1, 0.15) is 12.2 Å². The van der Waals surface area contributed by atoms with Gasteiger partial charge in [-0.1, -0.05) is 12.1 Å². The van der Waals surface area contributed by atoms with E-state index >= 15 is 0 Å². The fraction of sp³-hybridized carbons (Fsp3) is 0.769. The number of nitrogens with one attached hydrogen (secondary N) is 2. The van der Waals surface area contributed by atoms with E-state index in [0.29, 0.717) is 0 Å². The van der Waals surface area contributed by atoms with Crippen LogP contribution in [0.15, 0.2) is 12.1 Å². The molecule has 30 heavy (non-hydrogen) atoms. The van der Waals surface area contributed by atoms with Crippen molar-refractivity contribution in [3.8, 4) is 11.5 Å². The minimum absolute atomic E-state index is 0.0499. The van der Waals surface area contributed by atoms with Crippen LogP contribution in [0, 0.1) is 13.8 Å². The lowest BCUT2D eigenvalue weighted by atomic mass is 9.81. The Hall–Kier alpha value is -1.26. The van der Waals surface area contributed by atoms with Crippen LogP contribution in [0.2, 0.25) is 0 Å². The summed E-state index contributed by atoms with van der Waals surface area (Å²) in [5.41, 5.74) is 2.50. The first-order chi connectivity index (χ1) is 13.6. The molecule has 2 fully saturated rings. The van der Waals surface area contributed by atoms with Gasteiger partial charge in [-0.05, 0) is 80.4 Å². The standard InChI is InChI=1S/C26H44N2O2/c1-17-11-12-18(2)22(30-20-15-25(7,8)28-26(9,10)16-20)21(17)29-19-13-23(3,4)27-24(5,6)14-19/h11-12,19-20,27-28H,13-16H2,1-10H3. The third-order valence-corrected chi connectivity index (χ3v) is 6.38. The molecule has 0 bridgehead atoms. The summed E-state index contributed by atoms with van der Waals surface area (Å²) in [4.78, 5) is 0. The number of hydrogen-bond donors (Lipinski definition) is 2. The van der Waals surface area contributed by atoms with Crippen molar-refractivity contribution >= 4 is 0 Å². The molecule has 2 aliphatic rings. The molecule has 0 amide bonds. The van der Waals surface area contributed by atoms with E-state index in [4.69, 9.17) is 9.47 Å². The van der Waals surface area contributed by atoms with Gasteiger partial charge in [-0.15, -0.1) is 0 Å². The van der Waals surface area contributed by atoms with E-state index < -0.39 is 0 Å². The van der Waals surface area contributed by atoms with Crippen molar-refractivity contribution in [2.75, 3.05) is 0 Å². The molecule has 0 unspecified atom stereocenters. The molecule has 3 rings (SSSR count). The quantitative estimate of drug-likeness (QED) is 0.663. The zero-order valence-electron chi connectivity index (χ0n) is 21.0. The molecule has 170 valence electrons. The predicted molar refractivity (Wildman–Crippen MR) is 126 cm³/mol. The van der Waals surface area contributed by atoms with Crippen LogP contribution in [0.3, 0.4) is 0 Å². The molecule has 0 aliphatic carbocycles. The topological polar surface area (TPSA) is 42.5 Å². The fourth-order valence-electron chi connectivity index (χ4n) is 6.01. The van der Waals surface area contributed by atoms with Crippen molar-refractivity contribution < 1.29 is 9.47 Å². The van der Waals surface area contributed by atoms with Crippen LogP contribution in [-0.4, -0.2) is 34.4 Å². The minimum Gasteiger partial charge on any atom is -0.486 e. The highest BCUT2D eigenvalue weighted by Gasteiger charge is 2.41. The summed E-state index contributed by atoms with van der Waals surface area (Å²) in [6.07, 6.45) is 4.26. The van der Waals surface area contributed by atoms with Gasteiger partial charge in [0.25, 0.3) is 0 Å². The predicted octanol–water partition coefficient (Wildman–Crippen LogP) is 5.68. The zero-order chi connectivity index (χ0) is 22.5. The molecule has 4 heteroatoms. The van der Waals surface area contributed by atoms with Gasteiger partial charge in [-0.25, -0.2) is 0 Å². The summed E-state index contributed by atoms with van der Waals surface area (Å²) in [7, 11) is 0. The summed E-state index contributed by atoms with van der Waals surface area (Å²) in [5, 5.41) is 7.51. The van der Waals surface area contributed by atoms with E-state index in [2.05, 4.69) is 92.0 Å². The van der Waals surface area contributed by atoms with Gasteiger partial charge in [0, 0.05) is 47.8 Å². The first-order valence-electron chi connectivity index (χ1n) is 11.6. The lowest BCUT2D eigenvalue weighted by Crippen LogP contribution is -2.60. The second kappa shape index (κ2) is 7.70. The van der Waals surface area contributed by atoms with Gasteiger partial charge in [0.15, 0.2) is 11.5 Å². The van der Waals surface area contributed by atoms with Crippen LogP contribution in [0.5, 0.6) is 11.5 Å². The first kappa shape index (κ1) is 23.4. The molecule has 0 spiro atoms. The van der Waals surface area contributed by atoms with Gasteiger partial charge in [0.2, 0.25) is 0 Å². The smallest absolute Gasteiger partial charge is 0.164 e. The molecular formula is C26H44N2O2. The van der Waals surface area contributed by atoms with Crippen LogP contribution >= 0.6 is 0 Å². The van der Waals surface area contributed by atoms with E-state index in [-0.39, 0.29) is 34.4 Å². The molecule has 0 radical (unpaired) electrons. The van der Waals surface area contributed by atoms with Crippen LogP contribution < -0.4 is 20.1 Å². The number of aryl methyl sites for hydroxylation is 2. The van der Waals surface area contributed by atoms with Gasteiger partial charge in [-0.3, -0.25) is 0 Å². The number of hydrogen-bond acceptors (Lipinski definition) is 4. The summed E-state index contributed by atoms with van der Waals surface area (Å²) in [6, 6.07) is 4.32. The van der Waals surface area contributed by atoms with E-state index in [1.165, 1.54) is 0 Å². The number of piperidine rings is 2. The molecule has 2 aliphatic heterocycles. The van der Waals surface area contributed by atoms with E-state index in [1.807, 2.05) is 0 Å². The Labute approximate surface area is 184 Å². The van der Waals surface area contributed by atoms with E-state index in [1.54, 1.807) is 0 Å². The highest BCUT2D eigenvalue weighted by Crippen LogP contribution is 2.41. The normalized spacial score (nSPS) is 25.7. The average molecular weight is 417 g/mol. The van der Waals surface area contributed by atoms with Crippen molar-refractivity contribution in [1.82, 2.24) is 10.6 Å². The Morgan fingerprint density at radius 1 is 0.600 bits per heavy atom. The van der Waals surface area contributed by atoms with Crippen molar-refractivity contribution in [2.24, 2.45) is 0 Å². The van der Waals surface area contributed by atoms with Crippen LogP contribution in [0.4, 0.5) is 0 Å². The molecule has 2 heterocycles. The Kier molecular flexibility index (Phi) is 6.01. The second-order valence-electron chi connectivity index (χ2n) is 12.4. The molecule has 0 atom stereocenters. The van der Waals surface area contributed by atoms with Crippen LogP contribution in [0.1, 0.15) is 92.2 Å². The van der Waals surface area contributed by atoms with Gasteiger partial charge in [-0.2, -0.15) is 0 Å². The number of benzene rings is 1. The Morgan fingerprint density at radius 3 is 1.13 bits per heavy atom. The van der Waals surface area contributed by atoms with Crippen molar-refractivity contribution in [2.45, 2.75) is 129 Å². The Balaban J connectivity index is 1.87. The SMILES string of the molecule is Cc1ccc(C)c(OC2CC(C)(C)NC(C)(C)C2)c1OC1CC(C)(C)NC(C)(C)C1. The third kappa shape index (κ3) is 5.70. The first-order valence-corrected chi connectivity index (χ1v) is 11.6. The maximum Gasteiger partial charge on any atom is 0.164 e. The molecule has 1 aromatic carbocycles. The van der Waals surface area contributed by atoms with E-state index in [0.717, 1.165) is 48.3 Å². The molecule has 0 aromatic heterocycles. The Bertz CT molecular complexity index is 682. The molecule has 4 nitrogen and oxygen atoms in total. The number of ether oxygens (including phenoxy) is 2. The highest BCUT2D eigenvalue weighted by atomic mass is 16.5. The zero-order valence-corrected chi connectivity index (χ0v) is 21.0. The highest BCUT2D eigenvalue weighted by molar-refractivity contribution is 5.51. The lowest BCUT2D eigenvalue weighted by molar-refractivity contribution is 0.0378. The average Bonchev–Trinajstić information content (AvgIpc) is 2.48. The summed E-state index contributed by atoms with van der Waals surface area (Å²) < 4.78 is 13.5. The molecule has 2 N–H and O–H groups in total. The summed E-state index contributed by atoms with van der Waals surface area (Å²) in [6.45, 7) is 22.4. The fourth-order valence-corrected chi connectivity index (χ4v) is 6.01. The van der Waals surface area contributed by atoms with Gasteiger partial charge < -0.3 is 20.1 Å². The van der Waals surface area contributed by atoms with Gasteiger partial charge >= 0.3 is 0 Å². The van der Waals surface area contributed by atoms with Crippen LogP contribution in [0.25, 0.3) is 0 Å². The lowest BCUT2D eigenvalue weighted by Gasteiger charge is -2.47. The van der Waals surface area contributed by atoms with E-state index in [9.17, 15) is 0 Å². The molecule has 2 saturated heterocycles. The maximum atomic E-state index is 6.73. The minimum atomic E-state index is 0.0499. The Morgan fingerprint density at radius 2 is 0.867 bits per heavy atom. The molecular weight excluding hydrogens is 372 g/mol. The van der Waals surface area contributed by atoms with Crippen molar-refractivity contribution in [3.63, 3.8) is 0 Å². The van der Waals surface area contributed by atoms with Crippen molar-refractivity contribution in [1.29, 1.82) is 0 Å². The third-order valence-electron chi connectivity index (χ3n) is 6.38. The van der Waals surface area contributed by atoms with Gasteiger partial charge in [0.05, 0.1) is 0 Å². The summed E-state index contributed by atoms with van der Waals surface area (Å²) in [5.74, 6) is 1.87. The second-order valence-corrected chi connectivity index (χ2v) is 12.4. The van der Waals surface area contributed by atoms with Crippen molar-refractivity contribution in [3.05, 3.63) is 23.3 Å². The molecule has 1 aromatic rings. The monoisotopic (exact) mass is 416 g/mol. The summed E-state index contributed by atoms with van der Waals surface area (Å²) >= 11 is 0.